The first-order valence-corrected chi connectivity index (χ1v) is 5.23. The number of carbonyl (C=O) groups is 2. The van der Waals surface area contributed by atoms with E-state index in [0.717, 1.165) is 12.8 Å². The lowest BCUT2D eigenvalue weighted by Crippen LogP contribution is -2.27. The van der Waals surface area contributed by atoms with Crippen LogP contribution in [-0.2, 0) is 14.3 Å². The largest absolute Gasteiger partial charge is 0.481 e. The molecule has 0 aromatic rings. The second-order valence-electron chi connectivity index (χ2n) is 3.21. The fourth-order valence-corrected chi connectivity index (χ4v) is 0.920. The molecule has 5 nitrogen and oxygen atoms in total. The number of rotatable bonds is 9. The lowest BCUT2D eigenvalue weighted by Gasteiger charge is -2.05. The zero-order valence-electron chi connectivity index (χ0n) is 9.12. The molecule has 0 heterocycles. The van der Waals surface area contributed by atoms with Crippen molar-refractivity contribution in [3.05, 3.63) is 0 Å². The van der Waals surface area contributed by atoms with E-state index in [2.05, 4.69) is 12.2 Å². The molecule has 0 aromatic heterocycles. The van der Waals surface area contributed by atoms with Crippen molar-refractivity contribution in [2.45, 2.75) is 32.6 Å². The molecule has 15 heavy (non-hydrogen) atoms. The maximum atomic E-state index is 11.0. The van der Waals surface area contributed by atoms with Crippen molar-refractivity contribution in [1.82, 2.24) is 5.32 Å². The molecule has 88 valence electrons. The van der Waals surface area contributed by atoms with E-state index in [0.29, 0.717) is 19.8 Å². The van der Waals surface area contributed by atoms with Crippen molar-refractivity contribution in [3.8, 4) is 0 Å². The number of hydrogen-bond donors (Lipinski definition) is 2. The van der Waals surface area contributed by atoms with Crippen LogP contribution in [0.3, 0.4) is 0 Å². The molecule has 0 aliphatic rings. The number of amides is 1. The van der Waals surface area contributed by atoms with Crippen molar-refractivity contribution in [2.24, 2.45) is 0 Å². The molecule has 0 fully saturated rings. The van der Waals surface area contributed by atoms with Gasteiger partial charge >= 0.3 is 5.97 Å². The van der Waals surface area contributed by atoms with Gasteiger partial charge < -0.3 is 15.2 Å². The average molecular weight is 217 g/mol. The van der Waals surface area contributed by atoms with Gasteiger partial charge in [0, 0.05) is 19.6 Å². The van der Waals surface area contributed by atoms with Gasteiger partial charge in [0.1, 0.15) is 0 Å². The highest BCUT2D eigenvalue weighted by Gasteiger charge is 2.03. The standard InChI is InChI=1S/C10H19NO4/c1-2-3-7-15-8-6-11-9(12)4-5-10(13)14/h2-8H2,1H3,(H,11,12)(H,13,14). The predicted octanol–water partition coefficient (Wildman–Crippen LogP) is 0.784. The van der Waals surface area contributed by atoms with Crippen LogP contribution in [-0.4, -0.2) is 36.7 Å². The Morgan fingerprint density at radius 2 is 2.00 bits per heavy atom. The minimum Gasteiger partial charge on any atom is -0.481 e. The van der Waals surface area contributed by atoms with Gasteiger partial charge in [0.15, 0.2) is 0 Å². The van der Waals surface area contributed by atoms with Gasteiger partial charge in [-0.25, -0.2) is 0 Å². The summed E-state index contributed by atoms with van der Waals surface area (Å²) in [6, 6.07) is 0. The zero-order valence-corrected chi connectivity index (χ0v) is 9.12. The van der Waals surface area contributed by atoms with Crippen LogP contribution in [0.25, 0.3) is 0 Å². The van der Waals surface area contributed by atoms with Crippen molar-refractivity contribution >= 4 is 11.9 Å². The first-order valence-electron chi connectivity index (χ1n) is 5.23. The van der Waals surface area contributed by atoms with Crippen LogP contribution in [0.2, 0.25) is 0 Å². The number of carboxylic acid groups (broad SMARTS) is 1. The third kappa shape index (κ3) is 10.8. The zero-order chi connectivity index (χ0) is 11.5. The van der Waals surface area contributed by atoms with E-state index >= 15 is 0 Å². The Hall–Kier alpha value is -1.10. The molecular weight excluding hydrogens is 198 g/mol. The van der Waals surface area contributed by atoms with E-state index in [1.54, 1.807) is 0 Å². The molecule has 0 aliphatic heterocycles. The Morgan fingerprint density at radius 1 is 1.27 bits per heavy atom. The molecule has 0 saturated heterocycles. The number of unbranched alkanes of at least 4 members (excludes halogenated alkanes) is 1. The van der Waals surface area contributed by atoms with Gasteiger partial charge in [0.2, 0.25) is 5.91 Å². The molecule has 5 heteroatoms. The molecule has 0 radical (unpaired) electrons. The van der Waals surface area contributed by atoms with Crippen LogP contribution in [0.5, 0.6) is 0 Å². The van der Waals surface area contributed by atoms with E-state index in [9.17, 15) is 9.59 Å². The minimum atomic E-state index is -0.954. The molecule has 0 atom stereocenters. The van der Waals surface area contributed by atoms with Gasteiger partial charge in [-0.2, -0.15) is 0 Å². The Balaban J connectivity index is 3.20. The molecule has 0 saturated carbocycles. The van der Waals surface area contributed by atoms with E-state index < -0.39 is 5.97 Å². The van der Waals surface area contributed by atoms with Crippen LogP contribution < -0.4 is 5.32 Å². The van der Waals surface area contributed by atoms with Crippen molar-refractivity contribution in [1.29, 1.82) is 0 Å². The monoisotopic (exact) mass is 217 g/mol. The van der Waals surface area contributed by atoms with E-state index in [4.69, 9.17) is 9.84 Å². The molecule has 0 spiro atoms. The summed E-state index contributed by atoms with van der Waals surface area (Å²) in [5.41, 5.74) is 0. The summed E-state index contributed by atoms with van der Waals surface area (Å²) in [5, 5.41) is 10.9. The molecule has 0 rings (SSSR count). The van der Waals surface area contributed by atoms with Gasteiger partial charge in [-0.1, -0.05) is 13.3 Å². The molecular formula is C10H19NO4. The highest BCUT2D eigenvalue weighted by molar-refractivity contribution is 5.80. The number of carboxylic acids is 1. The van der Waals surface area contributed by atoms with Gasteiger partial charge in [0.25, 0.3) is 0 Å². The number of ether oxygens (including phenoxy) is 1. The first kappa shape index (κ1) is 13.9. The average Bonchev–Trinajstić information content (AvgIpc) is 2.20. The lowest BCUT2D eigenvalue weighted by molar-refractivity contribution is -0.138. The highest BCUT2D eigenvalue weighted by atomic mass is 16.5. The smallest absolute Gasteiger partial charge is 0.303 e. The number of hydrogen-bond acceptors (Lipinski definition) is 3. The van der Waals surface area contributed by atoms with E-state index in [-0.39, 0.29) is 18.7 Å². The Kier molecular flexibility index (Phi) is 8.76. The van der Waals surface area contributed by atoms with Crippen molar-refractivity contribution in [3.63, 3.8) is 0 Å². The number of carbonyl (C=O) groups excluding carboxylic acids is 1. The summed E-state index contributed by atoms with van der Waals surface area (Å²) in [4.78, 5) is 21.2. The topological polar surface area (TPSA) is 75.6 Å². The fourth-order valence-electron chi connectivity index (χ4n) is 0.920. The van der Waals surface area contributed by atoms with Crippen LogP contribution in [0.1, 0.15) is 32.6 Å². The van der Waals surface area contributed by atoms with E-state index in [1.165, 1.54) is 0 Å². The highest BCUT2D eigenvalue weighted by Crippen LogP contribution is 1.89. The summed E-state index contributed by atoms with van der Waals surface area (Å²) in [5.74, 6) is -1.19. The summed E-state index contributed by atoms with van der Waals surface area (Å²) >= 11 is 0. The van der Waals surface area contributed by atoms with Gasteiger partial charge in [0.05, 0.1) is 13.0 Å². The minimum absolute atomic E-state index is 0.0320. The molecule has 2 N–H and O–H groups in total. The Bertz CT molecular complexity index is 194. The van der Waals surface area contributed by atoms with E-state index in [1.807, 2.05) is 0 Å². The van der Waals surface area contributed by atoms with Gasteiger partial charge in [-0.15, -0.1) is 0 Å². The predicted molar refractivity (Wildman–Crippen MR) is 55.6 cm³/mol. The maximum Gasteiger partial charge on any atom is 0.303 e. The molecule has 0 aliphatic carbocycles. The third-order valence-electron chi connectivity index (χ3n) is 1.78. The van der Waals surface area contributed by atoms with Gasteiger partial charge in [-0.3, -0.25) is 9.59 Å². The van der Waals surface area contributed by atoms with Crippen LogP contribution in [0, 0.1) is 0 Å². The SMILES string of the molecule is CCCCOCCNC(=O)CCC(=O)O. The molecule has 0 aromatic carbocycles. The molecule has 0 unspecified atom stereocenters. The van der Waals surface area contributed by atoms with Crippen LogP contribution in [0.4, 0.5) is 0 Å². The maximum absolute atomic E-state index is 11.0. The Labute approximate surface area is 89.8 Å². The summed E-state index contributed by atoms with van der Waals surface area (Å²) in [6.45, 7) is 3.72. The summed E-state index contributed by atoms with van der Waals surface area (Å²) in [7, 11) is 0. The molecule has 1 amide bonds. The molecule has 0 bridgehead atoms. The lowest BCUT2D eigenvalue weighted by atomic mass is 10.3. The Morgan fingerprint density at radius 3 is 2.60 bits per heavy atom. The van der Waals surface area contributed by atoms with Crippen LogP contribution >= 0.6 is 0 Å². The second-order valence-corrected chi connectivity index (χ2v) is 3.21. The summed E-state index contributed by atoms with van der Waals surface area (Å²) in [6.07, 6.45) is 2.02. The van der Waals surface area contributed by atoms with Gasteiger partial charge in [-0.05, 0) is 6.42 Å². The first-order chi connectivity index (χ1) is 7.16. The second kappa shape index (κ2) is 9.45. The quantitative estimate of drug-likeness (QED) is 0.560. The number of aliphatic carboxylic acids is 1. The fraction of sp³-hybridized carbons (Fsp3) is 0.800. The third-order valence-corrected chi connectivity index (χ3v) is 1.78. The van der Waals surface area contributed by atoms with Crippen LogP contribution in [0.15, 0.2) is 0 Å². The summed E-state index contributed by atoms with van der Waals surface area (Å²) < 4.78 is 5.22. The van der Waals surface area contributed by atoms with Crippen molar-refractivity contribution < 1.29 is 19.4 Å². The normalized spacial score (nSPS) is 9.93. The number of nitrogens with one attached hydrogen (secondary N) is 1. The van der Waals surface area contributed by atoms with Crippen molar-refractivity contribution in [2.75, 3.05) is 19.8 Å².